The molecular weight excluding hydrogens is 252 g/mol. The normalized spacial score (nSPS) is 14.5. The summed E-state index contributed by atoms with van der Waals surface area (Å²) in [5, 5.41) is 3.52. The number of aromatic nitrogens is 1. The number of rotatable bonds is 3. The maximum absolute atomic E-state index is 12.5. The second-order valence-corrected chi connectivity index (χ2v) is 5.41. The van der Waals surface area contributed by atoms with Crippen LogP contribution in [0.1, 0.15) is 36.2 Å². The van der Waals surface area contributed by atoms with Gasteiger partial charge in [0.2, 0.25) is 5.43 Å². The first-order chi connectivity index (χ1) is 9.61. The molecule has 2 aromatic rings. The summed E-state index contributed by atoms with van der Waals surface area (Å²) in [6.07, 6.45) is 3.48. The first-order valence-electron chi connectivity index (χ1n) is 7.07. The van der Waals surface area contributed by atoms with Crippen molar-refractivity contribution in [3.8, 4) is 0 Å². The van der Waals surface area contributed by atoms with Crippen molar-refractivity contribution < 1.29 is 4.79 Å². The van der Waals surface area contributed by atoms with E-state index in [0.29, 0.717) is 5.39 Å². The summed E-state index contributed by atoms with van der Waals surface area (Å²) in [7, 11) is 0. The second-order valence-electron chi connectivity index (χ2n) is 5.41. The number of amides is 1. The minimum Gasteiger partial charge on any atom is -0.349 e. The summed E-state index contributed by atoms with van der Waals surface area (Å²) in [6, 6.07) is 5.82. The van der Waals surface area contributed by atoms with Crippen molar-refractivity contribution in [3.05, 3.63) is 45.7 Å². The highest BCUT2D eigenvalue weighted by atomic mass is 16.2. The number of aryl methyl sites for hydroxylation is 2. The summed E-state index contributed by atoms with van der Waals surface area (Å²) >= 11 is 0. The van der Waals surface area contributed by atoms with Gasteiger partial charge in [-0.25, -0.2) is 0 Å². The van der Waals surface area contributed by atoms with Gasteiger partial charge in [0.05, 0.1) is 5.52 Å². The lowest BCUT2D eigenvalue weighted by atomic mass is 10.1. The standard InChI is InChI=1S/C16H18N2O2/c1-3-10(2)17-16(20)13-9-18-8-7-11-5-4-6-12(14(11)18)15(13)19/h4-6,9-10H,3,7-8H2,1-2H3,(H,17,20). The molecule has 104 valence electrons. The predicted octanol–water partition coefficient (Wildman–Crippen LogP) is 2.09. The molecule has 0 bridgehead atoms. The molecule has 1 unspecified atom stereocenters. The van der Waals surface area contributed by atoms with Gasteiger partial charge in [-0.1, -0.05) is 19.1 Å². The van der Waals surface area contributed by atoms with Gasteiger partial charge in [0.25, 0.3) is 5.91 Å². The number of pyridine rings is 1. The van der Waals surface area contributed by atoms with Gasteiger partial charge >= 0.3 is 0 Å². The van der Waals surface area contributed by atoms with Gasteiger partial charge in [-0.2, -0.15) is 0 Å². The molecule has 1 N–H and O–H groups in total. The van der Waals surface area contributed by atoms with Crippen molar-refractivity contribution >= 4 is 16.8 Å². The minimum absolute atomic E-state index is 0.0718. The van der Waals surface area contributed by atoms with Crippen LogP contribution in [0.4, 0.5) is 0 Å². The summed E-state index contributed by atoms with van der Waals surface area (Å²) in [5.41, 5.74) is 2.25. The summed E-state index contributed by atoms with van der Waals surface area (Å²) in [4.78, 5) is 24.7. The number of benzene rings is 1. The molecule has 1 atom stereocenters. The summed E-state index contributed by atoms with van der Waals surface area (Å²) < 4.78 is 2.03. The monoisotopic (exact) mass is 270 g/mol. The molecule has 0 aliphatic carbocycles. The van der Waals surface area contributed by atoms with Crippen molar-refractivity contribution in [2.45, 2.75) is 39.3 Å². The Bertz CT molecular complexity index is 746. The average Bonchev–Trinajstić information content (AvgIpc) is 2.86. The Morgan fingerprint density at radius 2 is 2.25 bits per heavy atom. The first kappa shape index (κ1) is 12.9. The molecule has 0 spiro atoms. The van der Waals surface area contributed by atoms with E-state index in [2.05, 4.69) is 5.32 Å². The van der Waals surface area contributed by atoms with Gasteiger partial charge < -0.3 is 9.88 Å². The number of carbonyl (C=O) groups excluding carboxylic acids is 1. The molecular formula is C16H18N2O2. The van der Waals surface area contributed by atoms with Crippen molar-refractivity contribution in [1.29, 1.82) is 0 Å². The van der Waals surface area contributed by atoms with E-state index in [9.17, 15) is 9.59 Å². The largest absolute Gasteiger partial charge is 0.349 e. The Labute approximate surface area is 117 Å². The van der Waals surface area contributed by atoms with Crippen LogP contribution in [0.15, 0.2) is 29.2 Å². The summed E-state index contributed by atoms with van der Waals surface area (Å²) in [5.74, 6) is -0.271. The number of hydrogen-bond donors (Lipinski definition) is 1. The van der Waals surface area contributed by atoms with E-state index in [1.807, 2.05) is 36.6 Å². The Hall–Kier alpha value is -2.10. The van der Waals surface area contributed by atoms with Gasteiger partial charge in [0, 0.05) is 24.2 Å². The van der Waals surface area contributed by atoms with Crippen LogP contribution in [0.3, 0.4) is 0 Å². The molecule has 4 nitrogen and oxygen atoms in total. The van der Waals surface area contributed by atoms with E-state index in [4.69, 9.17) is 0 Å². The highest BCUT2D eigenvalue weighted by Crippen LogP contribution is 2.23. The maximum atomic E-state index is 12.5. The zero-order valence-electron chi connectivity index (χ0n) is 11.8. The van der Waals surface area contributed by atoms with E-state index in [1.165, 1.54) is 5.56 Å². The smallest absolute Gasteiger partial charge is 0.256 e. The lowest BCUT2D eigenvalue weighted by Crippen LogP contribution is -2.35. The third-order valence-electron chi connectivity index (χ3n) is 4.04. The summed E-state index contributed by atoms with van der Waals surface area (Å²) in [6.45, 7) is 4.78. The Balaban J connectivity index is 2.14. The highest BCUT2D eigenvalue weighted by molar-refractivity contribution is 5.98. The van der Waals surface area contributed by atoms with Crippen LogP contribution in [-0.2, 0) is 13.0 Å². The molecule has 1 aromatic carbocycles. The zero-order chi connectivity index (χ0) is 14.3. The van der Waals surface area contributed by atoms with E-state index in [1.54, 1.807) is 6.20 Å². The Morgan fingerprint density at radius 1 is 1.45 bits per heavy atom. The Morgan fingerprint density at radius 3 is 3.00 bits per heavy atom. The van der Waals surface area contributed by atoms with Gasteiger partial charge in [0.1, 0.15) is 5.56 Å². The van der Waals surface area contributed by atoms with E-state index >= 15 is 0 Å². The van der Waals surface area contributed by atoms with Gasteiger partial charge in [-0.15, -0.1) is 0 Å². The molecule has 1 aromatic heterocycles. The molecule has 1 aliphatic rings. The topological polar surface area (TPSA) is 51.1 Å². The van der Waals surface area contributed by atoms with Crippen LogP contribution < -0.4 is 10.7 Å². The molecule has 2 heterocycles. The van der Waals surface area contributed by atoms with Crippen LogP contribution in [0.2, 0.25) is 0 Å². The molecule has 0 radical (unpaired) electrons. The fraction of sp³-hybridized carbons (Fsp3) is 0.375. The maximum Gasteiger partial charge on any atom is 0.256 e. The number of nitrogens with one attached hydrogen (secondary N) is 1. The van der Waals surface area contributed by atoms with E-state index < -0.39 is 0 Å². The lowest BCUT2D eigenvalue weighted by molar-refractivity contribution is 0.0937. The molecule has 0 saturated carbocycles. The zero-order valence-corrected chi connectivity index (χ0v) is 11.8. The van der Waals surface area contributed by atoms with Crippen molar-refractivity contribution in [2.75, 3.05) is 0 Å². The van der Waals surface area contributed by atoms with Crippen LogP contribution in [0.5, 0.6) is 0 Å². The lowest BCUT2D eigenvalue weighted by Gasteiger charge is -2.12. The van der Waals surface area contributed by atoms with Crippen LogP contribution in [0.25, 0.3) is 10.9 Å². The van der Waals surface area contributed by atoms with E-state index in [0.717, 1.165) is 24.9 Å². The average molecular weight is 270 g/mol. The molecule has 1 amide bonds. The minimum atomic E-state index is -0.271. The van der Waals surface area contributed by atoms with Gasteiger partial charge in [0.15, 0.2) is 0 Å². The highest BCUT2D eigenvalue weighted by Gasteiger charge is 2.20. The third-order valence-corrected chi connectivity index (χ3v) is 4.04. The molecule has 4 heteroatoms. The van der Waals surface area contributed by atoms with Crippen molar-refractivity contribution in [3.63, 3.8) is 0 Å². The SMILES string of the molecule is CCC(C)NC(=O)c1cn2c3c(cccc3c1=O)CC2. The number of carbonyl (C=O) groups is 1. The molecule has 1 aliphatic heterocycles. The molecule has 20 heavy (non-hydrogen) atoms. The fourth-order valence-electron chi connectivity index (χ4n) is 2.72. The van der Waals surface area contributed by atoms with Crippen molar-refractivity contribution in [2.24, 2.45) is 0 Å². The van der Waals surface area contributed by atoms with Crippen LogP contribution in [-0.4, -0.2) is 16.5 Å². The van der Waals surface area contributed by atoms with Crippen molar-refractivity contribution in [1.82, 2.24) is 9.88 Å². The number of hydrogen-bond acceptors (Lipinski definition) is 2. The third kappa shape index (κ3) is 1.92. The van der Waals surface area contributed by atoms with Crippen LogP contribution in [0, 0.1) is 0 Å². The quantitative estimate of drug-likeness (QED) is 0.928. The fourth-order valence-corrected chi connectivity index (χ4v) is 2.72. The number of para-hydroxylation sites is 1. The van der Waals surface area contributed by atoms with E-state index in [-0.39, 0.29) is 22.9 Å². The first-order valence-corrected chi connectivity index (χ1v) is 7.07. The Kier molecular flexibility index (Phi) is 3.08. The predicted molar refractivity (Wildman–Crippen MR) is 79.1 cm³/mol. The molecule has 0 saturated heterocycles. The molecule has 3 rings (SSSR count). The van der Waals surface area contributed by atoms with Gasteiger partial charge in [-0.05, 0) is 31.4 Å². The second kappa shape index (κ2) is 4.78. The molecule has 0 fully saturated rings. The van der Waals surface area contributed by atoms with Crippen LogP contribution >= 0.6 is 0 Å². The van der Waals surface area contributed by atoms with Gasteiger partial charge in [-0.3, -0.25) is 9.59 Å². The number of nitrogens with zero attached hydrogens (tertiary/aromatic N) is 1.